The Balaban J connectivity index is 2.79. The fourth-order valence-electron chi connectivity index (χ4n) is 2.35. The third-order valence-corrected chi connectivity index (χ3v) is 3.12. The lowest BCUT2D eigenvalue weighted by atomic mass is 9.83. The Hall–Kier alpha value is -0.780. The Morgan fingerprint density at radius 1 is 1.47 bits per heavy atom. The maximum Gasteiger partial charge on any atom is 0.404 e. The molecular formula is C11H18F3NO2. The van der Waals surface area contributed by atoms with Crippen molar-refractivity contribution in [2.75, 3.05) is 13.1 Å². The van der Waals surface area contributed by atoms with Crippen LogP contribution in [0.2, 0.25) is 0 Å². The average molecular weight is 253 g/mol. The molecule has 1 fully saturated rings. The van der Waals surface area contributed by atoms with Gasteiger partial charge in [0, 0.05) is 6.54 Å². The van der Waals surface area contributed by atoms with Crippen LogP contribution in [0.5, 0.6) is 0 Å². The smallest absolute Gasteiger partial charge is 0.404 e. The van der Waals surface area contributed by atoms with E-state index >= 15 is 0 Å². The number of aliphatic carboxylic acids is 1. The molecule has 1 atom stereocenters. The van der Waals surface area contributed by atoms with Gasteiger partial charge in [-0.2, -0.15) is 13.2 Å². The topological polar surface area (TPSA) is 40.5 Å². The van der Waals surface area contributed by atoms with Crippen LogP contribution in [0.3, 0.4) is 0 Å². The molecular weight excluding hydrogens is 235 g/mol. The van der Waals surface area contributed by atoms with Gasteiger partial charge in [-0.25, -0.2) is 0 Å². The van der Waals surface area contributed by atoms with Gasteiger partial charge in [-0.15, -0.1) is 0 Å². The summed E-state index contributed by atoms with van der Waals surface area (Å²) in [4.78, 5) is 11.8. The second-order valence-electron chi connectivity index (χ2n) is 5.39. The van der Waals surface area contributed by atoms with E-state index in [-0.39, 0.29) is 5.41 Å². The van der Waals surface area contributed by atoms with Gasteiger partial charge < -0.3 is 5.11 Å². The molecule has 100 valence electrons. The van der Waals surface area contributed by atoms with Crippen molar-refractivity contribution in [3.05, 3.63) is 0 Å². The Labute approximate surface area is 98.6 Å². The van der Waals surface area contributed by atoms with Crippen LogP contribution in [0, 0.1) is 5.41 Å². The van der Waals surface area contributed by atoms with E-state index in [9.17, 15) is 18.0 Å². The van der Waals surface area contributed by atoms with Crippen LogP contribution < -0.4 is 0 Å². The van der Waals surface area contributed by atoms with Crippen molar-refractivity contribution in [1.29, 1.82) is 0 Å². The molecule has 1 aliphatic rings. The lowest BCUT2D eigenvalue weighted by Crippen LogP contribution is -2.52. The Kier molecular flexibility index (Phi) is 4.06. The number of piperidine rings is 1. The van der Waals surface area contributed by atoms with Crippen molar-refractivity contribution in [3.8, 4) is 0 Å². The first-order valence-corrected chi connectivity index (χ1v) is 5.64. The highest BCUT2D eigenvalue weighted by Crippen LogP contribution is 2.35. The molecule has 3 nitrogen and oxygen atoms in total. The van der Waals surface area contributed by atoms with Crippen LogP contribution in [0.25, 0.3) is 0 Å². The zero-order chi connectivity index (χ0) is 13.3. The van der Waals surface area contributed by atoms with Crippen LogP contribution >= 0.6 is 0 Å². The van der Waals surface area contributed by atoms with E-state index in [0.29, 0.717) is 19.5 Å². The molecule has 0 bridgehead atoms. The van der Waals surface area contributed by atoms with Gasteiger partial charge in [0.15, 0.2) is 0 Å². The summed E-state index contributed by atoms with van der Waals surface area (Å²) in [6.45, 7) is 4.44. The summed E-state index contributed by atoms with van der Waals surface area (Å²) in [6.07, 6.45) is -3.80. The van der Waals surface area contributed by atoms with Crippen LogP contribution in [-0.2, 0) is 4.79 Å². The first kappa shape index (κ1) is 14.3. The number of carboxylic acids is 1. The zero-order valence-corrected chi connectivity index (χ0v) is 10.0. The average Bonchev–Trinajstić information content (AvgIpc) is 2.10. The van der Waals surface area contributed by atoms with Crippen molar-refractivity contribution < 1.29 is 23.1 Å². The van der Waals surface area contributed by atoms with Crippen molar-refractivity contribution in [2.45, 2.75) is 45.3 Å². The highest BCUT2D eigenvalue weighted by Gasteiger charge is 2.46. The normalized spacial score (nSPS) is 23.4. The zero-order valence-electron chi connectivity index (χ0n) is 10.0. The van der Waals surface area contributed by atoms with Gasteiger partial charge in [0.1, 0.15) is 6.04 Å². The highest BCUT2D eigenvalue weighted by atomic mass is 19.4. The van der Waals surface area contributed by atoms with Gasteiger partial charge in [0.2, 0.25) is 0 Å². The molecule has 0 spiro atoms. The second kappa shape index (κ2) is 4.84. The molecule has 6 heteroatoms. The van der Waals surface area contributed by atoms with E-state index in [1.165, 1.54) is 4.90 Å². The standard InChI is InChI=1S/C11H18F3NO2/c1-10(2)4-3-5-15(7-10)8(6-9(16)17)11(12,13)14/h8H,3-7H2,1-2H3,(H,16,17). The van der Waals surface area contributed by atoms with Gasteiger partial charge in [-0.1, -0.05) is 13.8 Å². The fourth-order valence-corrected chi connectivity index (χ4v) is 2.35. The van der Waals surface area contributed by atoms with E-state index in [1.54, 1.807) is 0 Å². The molecule has 1 N–H and O–H groups in total. The van der Waals surface area contributed by atoms with E-state index < -0.39 is 24.6 Å². The fraction of sp³-hybridized carbons (Fsp3) is 0.909. The van der Waals surface area contributed by atoms with E-state index in [0.717, 1.165) is 6.42 Å². The van der Waals surface area contributed by atoms with Crippen molar-refractivity contribution in [3.63, 3.8) is 0 Å². The summed E-state index contributed by atoms with van der Waals surface area (Å²) < 4.78 is 38.4. The number of carboxylic acid groups (broad SMARTS) is 1. The summed E-state index contributed by atoms with van der Waals surface area (Å²) in [6, 6.07) is -1.86. The largest absolute Gasteiger partial charge is 0.481 e. The minimum Gasteiger partial charge on any atom is -0.481 e. The van der Waals surface area contributed by atoms with E-state index in [1.807, 2.05) is 13.8 Å². The number of alkyl halides is 3. The number of hydrogen-bond donors (Lipinski definition) is 1. The Bertz CT molecular complexity index is 289. The predicted octanol–water partition coefficient (Wildman–Crippen LogP) is 2.51. The van der Waals surface area contributed by atoms with E-state index in [2.05, 4.69) is 0 Å². The first-order valence-electron chi connectivity index (χ1n) is 5.64. The lowest BCUT2D eigenvalue weighted by molar-refractivity contribution is -0.196. The quantitative estimate of drug-likeness (QED) is 0.840. The number of halogens is 3. The summed E-state index contributed by atoms with van der Waals surface area (Å²) in [5.74, 6) is -1.41. The minimum atomic E-state index is -4.48. The Morgan fingerprint density at radius 3 is 2.47 bits per heavy atom. The molecule has 0 radical (unpaired) electrons. The van der Waals surface area contributed by atoms with E-state index in [4.69, 9.17) is 5.11 Å². The SMILES string of the molecule is CC1(C)CCCN(C(CC(=O)O)C(F)(F)F)C1. The molecule has 0 saturated carbocycles. The molecule has 1 aliphatic heterocycles. The first-order chi connectivity index (χ1) is 7.62. The van der Waals surface area contributed by atoms with Gasteiger partial charge in [0.25, 0.3) is 0 Å². The summed E-state index contributed by atoms with van der Waals surface area (Å²) in [7, 11) is 0. The Morgan fingerprint density at radius 2 is 2.06 bits per heavy atom. The highest BCUT2D eigenvalue weighted by molar-refractivity contribution is 5.67. The molecule has 0 aromatic rings. The van der Waals surface area contributed by atoms with Gasteiger partial charge >= 0.3 is 12.1 Å². The molecule has 0 aromatic carbocycles. The number of carbonyl (C=O) groups is 1. The lowest BCUT2D eigenvalue weighted by Gasteiger charge is -2.42. The third-order valence-electron chi connectivity index (χ3n) is 3.12. The number of nitrogens with zero attached hydrogens (tertiary/aromatic N) is 1. The number of rotatable bonds is 3. The van der Waals surface area contributed by atoms with Crippen molar-refractivity contribution >= 4 is 5.97 Å². The monoisotopic (exact) mass is 253 g/mol. The van der Waals surface area contributed by atoms with Crippen molar-refractivity contribution in [1.82, 2.24) is 4.90 Å². The molecule has 1 heterocycles. The summed E-state index contributed by atoms with van der Waals surface area (Å²) in [5.41, 5.74) is -0.180. The van der Waals surface area contributed by atoms with Gasteiger partial charge in [-0.3, -0.25) is 9.69 Å². The third kappa shape index (κ3) is 4.18. The number of likely N-dealkylation sites (tertiary alicyclic amines) is 1. The minimum absolute atomic E-state index is 0.180. The molecule has 0 aromatic heterocycles. The van der Waals surface area contributed by atoms with Crippen molar-refractivity contribution in [2.24, 2.45) is 5.41 Å². The summed E-state index contributed by atoms with van der Waals surface area (Å²) in [5, 5.41) is 8.58. The maximum atomic E-state index is 12.8. The molecule has 1 rings (SSSR count). The van der Waals surface area contributed by atoms with Crippen LogP contribution in [-0.4, -0.2) is 41.3 Å². The number of hydrogen-bond acceptors (Lipinski definition) is 2. The molecule has 1 saturated heterocycles. The predicted molar refractivity (Wildman–Crippen MR) is 56.7 cm³/mol. The molecule has 0 aliphatic carbocycles. The summed E-state index contributed by atoms with van der Waals surface area (Å²) >= 11 is 0. The maximum absolute atomic E-state index is 12.8. The van der Waals surface area contributed by atoms with Crippen LogP contribution in [0.1, 0.15) is 33.1 Å². The van der Waals surface area contributed by atoms with Gasteiger partial charge in [0.05, 0.1) is 6.42 Å². The van der Waals surface area contributed by atoms with Crippen LogP contribution in [0.15, 0.2) is 0 Å². The molecule has 1 unspecified atom stereocenters. The second-order valence-corrected chi connectivity index (χ2v) is 5.39. The molecule has 17 heavy (non-hydrogen) atoms. The van der Waals surface area contributed by atoms with Crippen LogP contribution in [0.4, 0.5) is 13.2 Å². The van der Waals surface area contributed by atoms with Gasteiger partial charge in [-0.05, 0) is 24.8 Å². The molecule has 0 amide bonds.